The van der Waals surface area contributed by atoms with Crippen molar-refractivity contribution < 1.29 is 4.79 Å². The SMILES string of the molecule is C/C=C(/I)CNC=O. The molecule has 0 aromatic rings. The van der Waals surface area contributed by atoms with E-state index in [9.17, 15) is 4.79 Å². The van der Waals surface area contributed by atoms with Gasteiger partial charge in [-0.05, 0) is 29.5 Å². The van der Waals surface area contributed by atoms with Gasteiger partial charge in [0.15, 0.2) is 0 Å². The van der Waals surface area contributed by atoms with E-state index in [4.69, 9.17) is 0 Å². The Labute approximate surface area is 62.5 Å². The van der Waals surface area contributed by atoms with Crippen LogP contribution in [0.2, 0.25) is 0 Å². The number of rotatable bonds is 3. The lowest BCUT2D eigenvalue weighted by Crippen LogP contribution is -2.11. The minimum atomic E-state index is 0.653. The number of carbonyl (C=O) groups is 1. The van der Waals surface area contributed by atoms with Crippen molar-refractivity contribution in [3.05, 3.63) is 9.66 Å². The zero-order chi connectivity index (χ0) is 6.41. The van der Waals surface area contributed by atoms with Crippen molar-refractivity contribution in [3.8, 4) is 0 Å². The first-order valence-corrected chi connectivity index (χ1v) is 3.37. The van der Waals surface area contributed by atoms with Crippen molar-refractivity contribution in [2.45, 2.75) is 6.92 Å². The normalized spacial score (nSPS) is 11.0. The maximum absolute atomic E-state index is 9.68. The lowest BCUT2D eigenvalue weighted by Gasteiger charge is -1.92. The number of halogens is 1. The fourth-order valence-electron chi connectivity index (χ4n) is 0.241. The average Bonchev–Trinajstić information content (AvgIpc) is 1.83. The van der Waals surface area contributed by atoms with Crippen LogP contribution in [0.25, 0.3) is 0 Å². The summed E-state index contributed by atoms with van der Waals surface area (Å²) >= 11 is 2.17. The Balaban J connectivity index is 3.24. The molecule has 0 saturated carbocycles. The second kappa shape index (κ2) is 5.08. The van der Waals surface area contributed by atoms with Gasteiger partial charge < -0.3 is 5.32 Å². The van der Waals surface area contributed by atoms with E-state index >= 15 is 0 Å². The molecule has 0 rings (SSSR count). The lowest BCUT2D eigenvalue weighted by molar-refractivity contribution is -0.109. The second-order valence-corrected chi connectivity index (χ2v) is 2.62. The first kappa shape index (κ1) is 7.94. The monoisotopic (exact) mass is 225 g/mol. The van der Waals surface area contributed by atoms with E-state index in [1.165, 1.54) is 0 Å². The number of allylic oxidation sites excluding steroid dienone is 1. The molecule has 0 aliphatic heterocycles. The molecule has 0 aliphatic carbocycles. The lowest BCUT2D eigenvalue weighted by atomic mass is 10.5. The van der Waals surface area contributed by atoms with Crippen LogP contribution in [0.4, 0.5) is 0 Å². The first-order chi connectivity index (χ1) is 3.81. The molecule has 1 N–H and O–H groups in total. The van der Waals surface area contributed by atoms with Crippen LogP contribution in [0.5, 0.6) is 0 Å². The molecule has 0 aliphatic rings. The van der Waals surface area contributed by atoms with Crippen LogP contribution in [-0.4, -0.2) is 13.0 Å². The summed E-state index contributed by atoms with van der Waals surface area (Å²) < 4.78 is 1.15. The van der Waals surface area contributed by atoms with Gasteiger partial charge in [-0.15, -0.1) is 0 Å². The van der Waals surface area contributed by atoms with Crippen molar-refractivity contribution >= 4 is 29.0 Å². The summed E-state index contributed by atoms with van der Waals surface area (Å²) in [6, 6.07) is 0. The Morgan fingerprint density at radius 2 is 2.50 bits per heavy atom. The molecule has 2 nitrogen and oxygen atoms in total. The maximum atomic E-state index is 9.68. The Hall–Kier alpha value is -0.0600. The van der Waals surface area contributed by atoms with Crippen LogP contribution in [0.1, 0.15) is 6.92 Å². The van der Waals surface area contributed by atoms with Gasteiger partial charge in [0.2, 0.25) is 6.41 Å². The van der Waals surface area contributed by atoms with Gasteiger partial charge in [-0.25, -0.2) is 0 Å². The highest BCUT2D eigenvalue weighted by Crippen LogP contribution is 2.00. The van der Waals surface area contributed by atoms with Crippen LogP contribution in [-0.2, 0) is 4.79 Å². The fraction of sp³-hybridized carbons (Fsp3) is 0.400. The van der Waals surface area contributed by atoms with Crippen LogP contribution in [0.15, 0.2) is 9.66 Å². The van der Waals surface area contributed by atoms with Crippen molar-refractivity contribution in [1.82, 2.24) is 5.32 Å². The molecule has 0 radical (unpaired) electrons. The Kier molecular flexibility index (Phi) is 5.05. The second-order valence-electron chi connectivity index (χ2n) is 1.23. The van der Waals surface area contributed by atoms with E-state index in [0.717, 1.165) is 3.58 Å². The molecule has 1 amide bonds. The van der Waals surface area contributed by atoms with Crippen molar-refractivity contribution in [2.75, 3.05) is 6.54 Å². The third kappa shape index (κ3) is 4.11. The predicted molar refractivity (Wildman–Crippen MR) is 41.8 cm³/mol. The summed E-state index contributed by atoms with van der Waals surface area (Å²) in [4.78, 5) is 9.68. The Bertz CT molecular complexity index is 101. The molecule has 0 aromatic heterocycles. The van der Waals surface area contributed by atoms with Crippen LogP contribution in [0.3, 0.4) is 0 Å². The van der Waals surface area contributed by atoms with Gasteiger partial charge in [-0.2, -0.15) is 0 Å². The maximum Gasteiger partial charge on any atom is 0.207 e. The first-order valence-electron chi connectivity index (χ1n) is 2.29. The number of carbonyl (C=O) groups excluding carboxylic acids is 1. The summed E-state index contributed by atoms with van der Waals surface area (Å²) in [5, 5.41) is 2.54. The molecule has 0 fully saturated rings. The molecule has 0 bridgehead atoms. The van der Waals surface area contributed by atoms with Crippen LogP contribution in [0, 0.1) is 0 Å². The van der Waals surface area contributed by atoms with Gasteiger partial charge in [0.25, 0.3) is 0 Å². The quantitative estimate of drug-likeness (QED) is 0.564. The van der Waals surface area contributed by atoms with Gasteiger partial charge in [-0.1, -0.05) is 6.08 Å². The number of hydrogen-bond donors (Lipinski definition) is 1. The number of amides is 1. The number of nitrogens with one attached hydrogen (secondary N) is 1. The van der Waals surface area contributed by atoms with Gasteiger partial charge in [0, 0.05) is 10.1 Å². The zero-order valence-electron chi connectivity index (χ0n) is 4.65. The fourth-order valence-corrected chi connectivity index (χ4v) is 0.461. The summed E-state index contributed by atoms with van der Waals surface area (Å²) in [5.41, 5.74) is 0. The van der Waals surface area contributed by atoms with E-state index in [0.29, 0.717) is 13.0 Å². The Morgan fingerprint density at radius 1 is 1.88 bits per heavy atom. The summed E-state index contributed by atoms with van der Waals surface area (Å²) in [7, 11) is 0. The van der Waals surface area contributed by atoms with E-state index < -0.39 is 0 Å². The van der Waals surface area contributed by atoms with Crippen molar-refractivity contribution in [1.29, 1.82) is 0 Å². The highest BCUT2D eigenvalue weighted by molar-refractivity contribution is 14.1. The van der Waals surface area contributed by atoms with E-state index in [2.05, 4.69) is 27.9 Å². The minimum Gasteiger partial charge on any atom is -0.354 e. The molecule has 46 valence electrons. The average molecular weight is 225 g/mol. The predicted octanol–water partition coefficient (Wildman–Crippen LogP) is 1.07. The smallest absolute Gasteiger partial charge is 0.207 e. The van der Waals surface area contributed by atoms with Gasteiger partial charge in [-0.3, -0.25) is 4.79 Å². The van der Waals surface area contributed by atoms with Gasteiger partial charge in [0.05, 0.1) is 0 Å². The summed E-state index contributed by atoms with van der Waals surface area (Å²) in [6.07, 6.45) is 2.65. The van der Waals surface area contributed by atoms with E-state index in [-0.39, 0.29) is 0 Å². The minimum absolute atomic E-state index is 0.653. The van der Waals surface area contributed by atoms with Gasteiger partial charge in [0.1, 0.15) is 0 Å². The van der Waals surface area contributed by atoms with Crippen LogP contribution < -0.4 is 5.32 Å². The molecule has 8 heavy (non-hydrogen) atoms. The van der Waals surface area contributed by atoms with Crippen LogP contribution >= 0.6 is 22.6 Å². The standard InChI is InChI=1S/C5H8INO/c1-2-5(6)3-7-4-8/h2,4H,3H2,1H3,(H,7,8)/b5-2+. The largest absolute Gasteiger partial charge is 0.354 e. The molecule has 0 aromatic carbocycles. The topological polar surface area (TPSA) is 29.1 Å². The molecule has 0 saturated heterocycles. The van der Waals surface area contributed by atoms with E-state index in [1.54, 1.807) is 0 Å². The van der Waals surface area contributed by atoms with Gasteiger partial charge >= 0.3 is 0 Å². The molecular weight excluding hydrogens is 217 g/mol. The van der Waals surface area contributed by atoms with Crippen molar-refractivity contribution in [2.24, 2.45) is 0 Å². The molecule has 0 heterocycles. The third-order valence-corrected chi connectivity index (χ3v) is 1.67. The van der Waals surface area contributed by atoms with Crippen molar-refractivity contribution in [3.63, 3.8) is 0 Å². The Morgan fingerprint density at radius 3 is 2.88 bits per heavy atom. The number of hydrogen-bond acceptors (Lipinski definition) is 1. The summed E-state index contributed by atoms with van der Waals surface area (Å²) in [6.45, 7) is 2.59. The molecular formula is C5H8INO. The highest BCUT2D eigenvalue weighted by Gasteiger charge is 1.83. The molecule has 3 heteroatoms. The van der Waals surface area contributed by atoms with E-state index in [1.807, 2.05) is 13.0 Å². The highest BCUT2D eigenvalue weighted by atomic mass is 127. The molecule has 0 unspecified atom stereocenters. The zero-order valence-corrected chi connectivity index (χ0v) is 6.81. The third-order valence-electron chi connectivity index (χ3n) is 0.668. The summed E-state index contributed by atoms with van der Waals surface area (Å²) in [5.74, 6) is 0. The molecule has 0 atom stereocenters. The molecule has 0 spiro atoms.